The van der Waals surface area contributed by atoms with Gasteiger partial charge in [-0.05, 0) is 86.0 Å². The third-order valence-corrected chi connectivity index (χ3v) is 12.0. The summed E-state index contributed by atoms with van der Waals surface area (Å²) in [5, 5.41) is 9.17. The summed E-state index contributed by atoms with van der Waals surface area (Å²) >= 11 is 0. The molecule has 3 unspecified atom stereocenters. The van der Waals surface area contributed by atoms with Crippen LogP contribution in [0.25, 0.3) is 0 Å². The van der Waals surface area contributed by atoms with Crippen molar-refractivity contribution in [2.75, 3.05) is 12.4 Å². The lowest BCUT2D eigenvalue weighted by Gasteiger charge is -2.38. The fourth-order valence-electron chi connectivity index (χ4n) is 7.11. The third kappa shape index (κ3) is 8.35. The van der Waals surface area contributed by atoms with Crippen molar-refractivity contribution in [3.8, 4) is 0 Å². The van der Waals surface area contributed by atoms with E-state index in [4.69, 9.17) is 19.3 Å². The van der Waals surface area contributed by atoms with Crippen LogP contribution in [0.4, 0.5) is 0 Å². The van der Waals surface area contributed by atoms with E-state index >= 15 is 0 Å². The first-order valence-electron chi connectivity index (χ1n) is 16.2. The minimum Gasteiger partial charge on any atom is -0.396 e. The van der Waals surface area contributed by atoms with Crippen molar-refractivity contribution >= 4 is 9.84 Å². The molecule has 1 aromatic rings. The van der Waals surface area contributed by atoms with Gasteiger partial charge in [-0.3, -0.25) is 0 Å². The maximum Gasteiger partial charge on any atom is 0.178 e. The molecule has 1 aromatic carbocycles. The van der Waals surface area contributed by atoms with Gasteiger partial charge in [0.05, 0.1) is 47.3 Å². The van der Waals surface area contributed by atoms with Gasteiger partial charge in [0.15, 0.2) is 9.84 Å². The molecule has 0 spiro atoms. The molecule has 236 valence electrons. The molecular formula is C35H54O6S. The number of hydrogen-bond donors (Lipinski definition) is 1. The van der Waals surface area contributed by atoms with Crippen LogP contribution in [0.3, 0.4) is 0 Å². The van der Waals surface area contributed by atoms with E-state index in [2.05, 4.69) is 40.9 Å². The van der Waals surface area contributed by atoms with Gasteiger partial charge in [0.1, 0.15) is 0 Å². The summed E-state index contributed by atoms with van der Waals surface area (Å²) in [5.74, 6) is 0.944. The number of rotatable bonds is 14. The Balaban J connectivity index is 1.43. The number of ether oxygens (including phenoxy) is 3. The highest BCUT2D eigenvalue weighted by molar-refractivity contribution is 7.91. The van der Waals surface area contributed by atoms with Crippen LogP contribution in [-0.4, -0.2) is 62.5 Å². The van der Waals surface area contributed by atoms with E-state index in [0.29, 0.717) is 23.2 Å². The van der Waals surface area contributed by atoms with Crippen LogP contribution in [0, 0.1) is 23.7 Å². The molecule has 0 saturated carbocycles. The molecule has 3 saturated heterocycles. The highest BCUT2D eigenvalue weighted by Gasteiger charge is 2.46. The normalized spacial score (nSPS) is 34.6. The molecule has 3 aliphatic rings. The second kappa shape index (κ2) is 15.0. The standard InChI is InChI=1S/C35H54O6S/c1-7-23(2)18-33-27(6)31(22-42(37,38)30-13-9-8-10-14-30)35(41-33)21-34-26(5)24(3)19-29(40-34)15-16-32-25(4)20-28(39-32)12-11-17-36/h8-10,13-14,23-24,27-29,31-36H,4-5,7,11-12,15-22H2,1-3,6H3/t23-,24-,27-,28+,29+,31-,32?,33?,34-,35?/m1/s1. The van der Waals surface area contributed by atoms with Gasteiger partial charge in [0.2, 0.25) is 0 Å². The largest absolute Gasteiger partial charge is 0.396 e. The van der Waals surface area contributed by atoms with E-state index in [9.17, 15) is 8.42 Å². The zero-order valence-electron chi connectivity index (χ0n) is 26.2. The van der Waals surface area contributed by atoms with Crippen molar-refractivity contribution < 1.29 is 27.7 Å². The molecule has 42 heavy (non-hydrogen) atoms. The van der Waals surface area contributed by atoms with Crippen molar-refractivity contribution in [3.63, 3.8) is 0 Å². The molecular weight excluding hydrogens is 548 g/mol. The van der Waals surface area contributed by atoms with Crippen LogP contribution in [0.5, 0.6) is 0 Å². The molecule has 7 heteroatoms. The summed E-state index contributed by atoms with van der Waals surface area (Å²) in [6.07, 6.45) is 7.77. The third-order valence-electron chi connectivity index (χ3n) is 10.1. The Morgan fingerprint density at radius 3 is 2.38 bits per heavy atom. The van der Waals surface area contributed by atoms with E-state index in [1.165, 1.54) is 0 Å². The quantitative estimate of drug-likeness (QED) is 0.233. The molecule has 0 bridgehead atoms. The summed E-state index contributed by atoms with van der Waals surface area (Å²) in [6, 6.07) is 8.80. The van der Waals surface area contributed by atoms with Gasteiger partial charge < -0.3 is 19.3 Å². The summed E-state index contributed by atoms with van der Waals surface area (Å²) in [5.41, 5.74) is 2.23. The van der Waals surface area contributed by atoms with Gasteiger partial charge in [-0.1, -0.05) is 65.5 Å². The predicted octanol–water partition coefficient (Wildman–Crippen LogP) is 6.92. The molecule has 6 nitrogen and oxygen atoms in total. The lowest BCUT2D eigenvalue weighted by molar-refractivity contribution is -0.0737. The van der Waals surface area contributed by atoms with E-state index in [1.54, 1.807) is 24.3 Å². The molecule has 0 aromatic heterocycles. The van der Waals surface area contributed by atoms with Crippen LogP contribution < -0.4 is 0 Å². The summed E-state index contributed by atoms with van der Waals surface area (Å²) in [6.45, 7) is 17.7. The van der Waals surface area contributed by atoms with Gasteiger partial charge in [0, 0.05) is 18.9 Å². The molecule has 10 atom stereocenters. The highest BCUT2D eigenvalue weighted by Crippen LogP contribution is 2.43. The second-order valence-electron chi connectivity index (χ2n) is 13.3. The Hall–Kier alpha value is -1.51. The average Bonchev–Trinajstić information content (AvgIpc) is 3.46. The van der Waals surface area contributed by atoms with Crippen LogP contribution >= 0.6 is 0 Å². The SMILES string of the molecule is C=C1C[C@H](CCCO)OC1CC[C@H]1C[C@@H](C)C(=C)[C@@H](CC2OC(C[C@H](C)CC)[C@H](C)[C@H]2CS(=O)(=O)c2ccccc2)O1. The Kier molecular flexibility index (Phi) is 11.9. The van der Waals surface area contributed by atoms with E-state index in [0.717, 1.165) is 62.5 Å². The Labute approximate surface area is 254 Å². The van der Waals surface area contributed by atoms with E-state index < -0.39 is 9.84 Å². The summed E-state index contributed by atoms with van der Waals surface area (Å²) in [4.78, 5) is 0.377. The topological polar surface area (TPSA) is 82.1 Å². The zero-order valence-corrected chi connectivity index (χ0v) is 27.1. The first-order valence-corrected chi connectivity index (χ1v) is 17.9. The lowest BCUT2D eigenvalue weighted by Crippen LogP contribution is -2.38. The average molecular weight is 603 g/mol. The summed E-state index contributed by atoms with van der Waals surface area (Å²) in [7, 11) is -3.46. The first kappa shape index (κ1) is 33.4. The molecule has 3 heterocycles. The molecule has 4 rings (SSSR count). The Morgan fingerprint density at radius 1 is 0.976 bits per heavy atom. The zero-order chi connectivity index (χ0) is 30.4. The van der Waals surface area contributed by atoms with E-state index in [-0.39, 0.29) is 60.8 Å². The smallest absolute Gasteiger partial charge is 0.178 e. The molecule has 3 fully saturated rings. The van der Waals surface area contributed by atoms with Gasteiger partial charge in [-0.25, -0.2) is 8.42 Å². The Bertz CT molecular complexity index is 1130. The van der Waals surface area contributed by atoms with Crippen LogP contribution in [0.15, 0.2) is 59.5 Å². The highest BCUT2D eigenvalue weighted by atomic mass is 32.2. The molecule has 0 radical (unpaired) electrons. The van der Waals surface area contributed by atoms with Crippen LogP contribution in [-0.2, 0) is 24.0 Å². The van der Waals surface area contributed by atoms with Crippen molar-refractivity contribution in [3.05, 3.63) is 54.6 Å². The summed E-state index contributed by atoms with van der Waals surface area (Å²) < 4.78 is 46.7. The lowest BCUT2D eigenvalue weighted by atomic mass is 9.81. The van der Waals surface area contributed by atoms with Crippen LogP contribution in [0.1, 0.15) is 85.5 Å². The maximum absolute atomic E-state index is 13.5. The van der Waals surface area contributed by atoms with Crippen molar-refractivity contribution in [2.45, 2.75) is 127 Å². The van der Waals surface area contributed by atoms with Gasteiger partial charge in [0.25, 0.3) is 0 Å². The predicted molar refractivity (Wildman–Crippen MR) is 168 cm³/mol. The molecule has 1 N–H and O–H groups in total. The van der Waals surface area contributed by atoms with E-state index in [1.807, 2.05) is 6.07 Å². The number of sulfone groups is 1. The van der Waals surface area contributed by atoms with Crippen molar-refractivity contribution in [1.29, 1.82) is 0 Å². The van der Waals surface area contributed by atoms with Crippen molar-refractivity contribution in [1.82, 2.24) is 0 Å². The number of aliphatic hydroxyl groups is 1. The molecule has 0 amide bonds. The van der Waals surface area contributed by atoms with Gasteiger partial charge in [-0.15, -0.1) is 0 Å². The maximum atomic E-state index is 13.5. The minimum absolute atomic E-state index is 0.0373. The number of aliphatic hydroxyl groups excluding tert-OH is 1. The second-order valence-corrected chi connectivity index (χ2v) is 15.4. The molecule has 0 aliphatic carbocycles. The fraction of sp³-hybridized carbons (Fsp3) is 0.714. The van der Waals surface area contributed by atoms with Crippen LogP contribution in [0.2, 0.25) is 0 Å². The van der Waals surface area contributed by atoms with Gasteiger partial charge in [-0.2, -0.15) is 0 Å². The number of benzene rings is 1. The fourth-order valence-corrected chi connectivity index (χ4v) is 8.89. The Morgan fingerprint density at radius 2 is 1.69 bits per heavy atom. The number of hydrogen-bond acceptors (Lipinski definition) is 6. The first-order chi connectivity index (χ1) is 20.0. The monoisotopic (exact) mass is 602 g/mol. The van der Waals surface area contributed by atoms with Gasteiger partial charge >= 0.3 is 0 Å². The van der Waals surface area contributed by atoms with Crippen molar-refractivity contribution in [2.24, 2.45) is 23.7 Å². The minimum atomic E-state index is -3.46. The molecule has 3 aliphatic heterocycles.